The van der Waals surface area contributed by atoms with Crippen LogP contribution in [0.1, 0.15) is 16.1 Å². The van der Waals surface area contributed by atoms with Gasteiger partial charge in [0, 0.05) is 17.4 Å². The Morgan fingerprint density at radius 1 is 0.844 bits per heavy atom. The first-order valence-electron chi connectivity index (χ1n) is 10.1. The van der Waals surface area contributed by atoms with Gasteiger partial charge in [0.2, 0.25) is 0 Å². The number of anilines is 1. The Hall–Kier alpha value is -4.52. The molecule has 32 heavy (non-hydrogen) atoms. The summed E-state index contributed by atoms with van der Waals surface area (Å²) in [4.78, 5) is 21.8. The average molecular weight is 421 g/mol. The minimum Gasteiger partial charge on any atom is -0.457 e. The Bertz CT molecular complexity index is 1380. The molecule has 0 unspecified atom stereocenters. The van der Waals surface area contributed by atoms with Crippen molar-refractivity contribution >= 4 is 17.4 Å². The van der Waals surface area contributed by atoms with Gasteiger partial charge in [0.15, 0.2) is 5.82 Å². The first-order valence-corrected chi connectivity index (χ1v) is 10.1. The minimum absolute atomic E-state index is 0.273. The van der Waals surface area contributed by atoms with E-state index in [1.807, 2.05) is 60.7 Å². The lowest BCUT2D eigenvalue weighted by atomic mass is 10.2. The fraction of sp³-hybridized carbons (Fsp3) is 0.0400. The lowest BCUT2D eigenvalue weighted by molar-refractivity contribution is 0.102. The summed E-state index contributed by atoms with van der Waals surface area (Å²) in [5, 5.41) is 7.37. The van der Waals surface area contributed by atoms with Crippen LogP contribution in [0.2, 0.25) is 0 Å². The van der Waals surface area contributed by atoms with Gasteiger partial charge in [-0.3, -0.25) is 4.79 Å². The van der Waals surface area contributed by atoms with E-state index in [4.69, 9.17) is 4.74 Å². The summed E-state index contributed by atoms with van der Waals surface area (Å²) in [7, 11) is 0. The maximum Gasteiger partial charge on any atom is 0.259 e. The van der Waals surface area contributed by atoms with Crippen molar-refractivity contribution in [2.24, 2.45) is 0 Å². The maximum atomic E-state index is 12.9. The number of hydrogen-bond acceptors (Lipinski definition) is 5. The van der Waals surface area contributed by atoms with Crippen LogP contribution in [-0.2, 0) is 0 Å². The van der Waals surface area contributed by atoms with Gasteiger partial charge in [-0.2, -0.15) is 4.98 Å². The summed E-state index contributed by atoms with van der Waals surface area (Å²) in [6.07, 6.45) is 1.65. The molecule has 3 aromatic carbocycles. The molecule has 1 amide bonds. The molecular weight excluding hydrogens is 402 g/mol. The molecule has 7 nitrogen and oxygen atoms in total. The molecule has 2 aromatic heterocycles. The molecule has 156 valence electrons. The van der Waals surface area contributed by atoms with E-state index < -0.39 is 0 Å². The molecule has 0 spiro atoms. The molecule has 0 saturated heterocycles. The monoisotopic (exact) mass is 421 g/mol. The molecule has 5 aromatic rings. The summed E-state index contributed by atoms with van der Waals surface area (Å²) in [6, 6.07) is 26.4. The molecule has 0 aliphatic rings. The van der Waals surface area contributed by atoms with Crippen LogP contribution in [0.3, 0.4) is 0 Å². The topological polar surface area (TPSA) is 81.4 Å². The largest absolute Gasteiger partial charge is 0.457 e. The number of hydrogen-bond donors (Lipinski definition) is 1. The summed E-state index contributed by atoms with van der Waals surface area (Å²) in [6.45, 7) is 1.78. The normalized spacial score (nSPS) is 10.8. The predicted octanol–water partition coefficient (Wildman–Crippen LogP) is 5.14. The second-order valence-corrected chi connectivity index (χ2v) is 7.18. The van der Waals surface area contributed by atoms with Crippen molar-refractivity contribution in [3.63, 3.8) is 0 Å². The molecule has 7 heteroatoms. The van der Waals surface area contributed by atoms with E-state index >= 15 is 0 Å². The fourth-order valence-corrected chi connectivity index (χ4v) is 3.27. The van der Waals surface area contributed by atoms with E-state index in [1.165, 1.54) is 4.52 Å². The lowest BCUT2D eigenvalue weighted by Crippen LogP contribution is -2.15. The van der Waals surface area contributed by atoms with E-state index in [0.717, 1.165) is 11.3 Å². The number of amides is 1. The molecular formula is C25H19N5O2. The predicted molar refractivity (Wildman–Crippen MR) is 122 cm³/mol. The van der Waals surface area contributed by atoms with E-state index in [9.17, 15) is 4.79 Å². The third kappa shape index (κ3) is 4.04. The fourth-order valence-electron chi connectivity index (χ4n) is 3.27. The van der Waals surface area contributed by atoms with Crippen LogP contribution < -0.4 is 10.1 Å². The highest BCUT2D eigenvalue weighted by atomic mass is 16.5. The molecule has 0 bridgehead atoms. The van der Waals surface area contributed by atoms with Crippen molar-refractivity contribution in [2.75, 3.05) is 5.32 Å². The first kappa shape index (κ1) is 19.4. The zero-order chi connectivity index (χ0) is 21.9. The quantitative estimate of drug-likeness (QED) is 0.425. The van der Waals surface area contributed by atoms with E-state index in [0.29, 0.717) is 34.3 Å². The Labute approximate surface area is 184 Å². The van der Waals surface area contributed by atoms with E-state index in [-0.39, 0.29) is 5.91 Å². The van der Waals surface area contributed by atoms with Gasteiger partial charge in [0.05, 0.1) is 11.3 Å². The zero-order valence-electron chi connectivity index (χ0n) is 17.3. The number of ether oxygens (including phenoxy) is 1. The molecule has 0 aliphatic carbocycles. The van der Waals surface area contributed by atoms with Gasteiger partial charge < -0.3 is 10.1 Å². The molecule has 0 aliphatic heterocycles. The lowest BCUT2D eigenvalue weighted by Gasteiger charge is -2.09. The van der Waals surface area contributed by atoms with Gasteiger partial charge in [-0.1, -0.05) is 48.5 Å². The second kappa shape index (κ2) is 8.31. The average Bonchev–Trinajstić information content (AvgIpc) is 3.24. The van der Waals surface area contributed by atoms with Crippen LogP contribution in [0.4, 0.5) is 5.69 Å². The Kier molecular flexibility index (Phi) is 5.05. The molecule has 0 radical (unpaired) electrons. The molecule has 0 atom stereocenters. The molecule has 0 fully saturated rings. The summed E-state index contributed by atoms with van der Waals surface area (Å²) in [5.41, 5.74) is 2.54. The Morgan fingerprint density at radius 3 is 2.22 bits per heavy atom. The van der Waals surface area contributed by atoms with Crippen LogP contribution in [0.15, 0.2) is 91.1 Å². The van der Waals surface area contributed by atoms with Crippen molar-refractivity contribution in [3.8, 4) is 22.9 Å². The Morgan fingerprint density at radius 2 is 1.50 bits per heavy atom. The molecule has 2 heterocycles. The first-order chi connectivity index (χ1) is 15.7. The van der Waals surface area contributed by atoms with Crippen LogP contribution in [0, 0.1) is 6.92 Å². The van der Waals surface area contributed by atoms with Crippen LogP contribution in [0.25, 0.3) is 17.2 Å². The van der Waals surface area contributed by atoms with Crippen LogP contribution >= 0.6 is 0 Å². The second-order valence-electron chi connectivity index (χ2n) is 7.18. The number of rotatable bonds is 5. The smallest absolute Gasteiger partial charge is 0.259 e. The third-order valence-corrected chi connectivity index (χ3v) is 4.89. The van der Waals surface area contributed by atoms with Crippen LogP contribution in [0.5, 0.6) is 11.5 Å². The van der Waals surface area contributed by atoms with Gasteiger partial charge in [0.1, 0.15) is 11.5 Å². The maximum absolute atomic E-state index is 12.9. The minimum atomic E-state index is -0.273. The molecule has 5 rings (SSSR count). The number of aromatic nitrogens is 4. The van der Waals surface area contributed by atoms with Gasteiger partial charge in [-0.05, 0) is 43.3 Å². The van der Waals surface area contributed by atoms with E-state index in [2.05, 4.69) is 20.4 Å². The Balaban J connectivity index is 1.34. The highest BCUT2D eigenvalue weighted by molar-refractivity contribution is 6.04. The number of fused-ring (bicyclic) bond motifs is 1. The standard InChI is InChI=1S/C25H19N5O2/c1-17-22(16-30-25(26-17)28-23(29-30)18-8-4-2-5-9-18)24(31)27-19-12-14-21(15-13-19)32-20-10-6-3-7-11-20/h2-16H,1H3,(H,27,31). The number of carbonyl (C=O) groups is 1. The number of carbonyl (C=O) groups excluding carboxylic acids is 1. The van der Waals surface area contributed by atoms with Gasteiger partial charge in [-0.15, -0.1) is 5.10 Å². The number of nitrogens with one attached hydrogen (secondary N) is 1. The summed E-state index contributed by atoms with van der Waals surface area (Å²) < 4.78 is 7.32. The van der Waals surface area contributed by atoms with Gasteiger partial charge in [0.25, 0.3) is 11.7 Å². The van der Waals surface area contributed by atoms with E-state index in [1.54, 1.807) is 37.4 Å². The highest BCUT2D eigenvalue weighted by Gasteiger charge is 2.15. The van der Waals surface area contributed by atoms with Crippen molar-refractivity contribution in [1.29, 1.82) is 0 Å². The number of nitrogens with zero attached hydrogens (tertiary/aromatic N) is 4. The number of benzene rings is 3. The SMILES string of the molecule is Cc1nc2nc(-c3ccccc3)nn2cc1C(=O)Nc1ccc(Oc2ccccc2)cc1. The highest BCUT2D eigenvalue weighted by Crippen LogP contribution is 2.23. The van der Waals surface area contributed by atoms with Crippen LogP contribution in [-0.4, -0.2) is 25.5 Å². The summed E-state index contributed by atoms with van der Waals surface area (Å²) in [5.74, 6) is 2.17. The molecule has 1 N–H and O–H groups in total. The number of para-hydroxylation sites is 1. The van der Waals surface area contributed by atoms with Crippen molar-refractivity contribution < 1.29 is 9.53 Å². The van der Waals surface area contributed by atoms with Crippen molar-refractivity contribution in [3.05, 3.63) is 102 Å². The number of aryl methyl sites for hydroxylation is 1. The zero-order valence-corrected chi connectivity index (χ0v) is 17.3. The third-order valence-electron chi connectivity index (χ3n) is 4.89. The molecule has 0 saturated carbocycles. The van der Waals surface area contributed by atoms with Gasteiger partial charge >= 0.3 is 0 Å². The van der Waals surface area contributed by atoms with Gasteiger partial charge in [-0.25, -0.2) is 9.50 Å². The van der Waals surface area contributed by atoms with Crippen molar-refractivity contribution in [1.82, 2.24) is 19.6 Å². The van der Waals surface area contributed by atoms with Crippen molar-refractivity contribution in [2.45, 2.75) is 6.92 Å². The summed E-state index contributed by atoms with van der Waals surface area (Å²) >= 11 is 0.